The van der Waals surface area contributed by atoms with Crippen LogP contribution in [0, 0.1) is 5.82 Å². The molecule has 2 N–H and O–H groups in total. The van der Waals surface area contributed by atoms with Crippen molar-refractivity contribution in [3.8, 4) is 0 Å². The van der Waals surface area contributed by atoms with Gasteiger partial charge in [-0.3, -0.25) is 4.79 Å². The summed E-state index contributed by atoms with van der Waals surface area (Å²) in [6.07, 6.45) is 0. The molecule has 1 aliphatic rings. The average molecular weight is 332 g/mol. The molecule has 0 unspecified atom stereocenters. The number of nitrogens with zero attached hydrogens (tertiary/aromatic N) is 1. The third-order valence-corrected chi connectivity index (χ3v) is 4.09. The number of halogens is 1. The fourth-order valence-corrected chi connectivity index (χ4v) is 2.80. The predicted molar refractivity (Wildman–Crippen MR) is 83.3 cm³/mol. The van der Waals surface area contributed by atoms with E-state index in [1.54, 1.807) is 23.6 Å². The summed E-state index contributed by atoms with van der Waals surface area (Å²) in [5, 5.41) is 12.1. The summed E-state index contributed by atoms with van der Waals surface area (Å²) in [4.78, 5) is 23.9. The highest BCUT2D eigenvalue weighted by atomic mass is 19.1. The van der Waals surface area contributed by atoms with Gasteiger partial charge in [0, 0.05) is 6.54 Å². The van der Waals surface area contributed by atoms with Gasteiger partial charge in [0.1, 0.15) is 11.5 Å². The normalized spacial score (nSPS) is 14.8. The van der Waals surface area contributed by atoms with Crippen molar-refractivity contribution in [3.63, 3.8) is 0 Å². The minimum absolute atomic E-state index is 0.0780. The quantitative estimate of drug-likeness (QED) is 0.900. The van der Waals surface area contributed by atoms with Crippen molar-refractivity contribution in [2.75, 3.05) is 6.61 Å². The molecule has 1 amide bonds. The van der Waals surface area contributed by atoms with Crippen LogP contribution in [0.1, 0.15) is 45.1 Å². The highest BCUT2D eigenvalue weighted by molar-refractivity contribution is 5.98. The third kappa shape index (κ3) is 3.03. The lowest BCUT2D eigenvalue weighted by molar-refractivity contribution is 0.0656. The minimum atomic E-state index is -1.09. The number of hydrogen-bond donors (Lipinski definition) is 2. The zero-order valence-electron chi connectivity index (χ0n) is 13.1. The van der Waals surface area contributed by atoms with Crippen molar-refractivity contribution in [2.24, 2.45) is 0 Å². The molecule has 0 bridgehead atoms. The molecule has 1 aromatic heterocycles. The van der Waals surface area contributed by atoms with Crippen molar-refractivity contribution >= 4 is 11.9 Å². The zero-order valence-corrected chi connectivity index (χ0v) is 13.1. The maximum Gasteiger partial charge on any atom is 0.337 e. The number of carbonyl (C=O) groups excluding carboxylic acids is 1. The van der Waals surface area contributed by atoms with E-state index in [1.807, 2.05) is 0 Å². The third-order valence-electron chi connectivity index (χ3n) is 4.09. The number of carbonyl (C=O) groups is 2. The number of carboxylic acids is 1. The van der Waals surface area contributed by atoms with Gasteiger partial charge in [-0.15, -0.1) is 0 Å². The number of ether oxygens (including phenoxy) is 1. The minimum Gasteiger partial charge on any atom is -0.478 e. The standard InChI is InChI=1S/C17H17FN2O4/c1-10(11-2-4-12(18)5-3-11)19-16(21)14-8-13(17(22)23)15-9-24-7-6-20(14)15/h2-5,8,10H,6-7,9H2,1H3,(H,19,21)(H,22,23)/t10-/m1/s1. The summed E-state index contributed by atoms with van der Waals surface area (Å²) in [5.41, 5.74) is 1.62. The highest BCUT2D eigenvalue weighted by Gasteiger charge is 2.26. The van der Waals surface area contributed by atoms with Crippen molar-refractivity contribution in [2.45, 2.75) is 26.1 Å². The Morgan fingerprint density at radius 1 is 1.33 bits per heavy atom. The van der Waals surface area contributed by atoms with Crippen LogP contribution in [0.2, 0.25) is 0 Å². The number of fused-ring (bicyclic) bond motifs is 1. The predicted octanol–water partition coefficient (Wildman–Crippen LogP) is 2.35. The number of aromatic carboxylic acids is 1. The van der Waals surface area contributed by atoms with E-state index in [4.69, 9.17) is 4.74 Å². The van der Waals surface area contributed by atoms with E-state index in [2.05, 4.69) is 5.32 Å². The molecule has 2 heterocycles. The summed E-state index contributed by atoms with van der Waals surface area (Å²) < 4.78 is 20.0. The molecule has 0 fully saturated rings. The number of rotatable bonds is 4. The second-order valence-electron chi connectivity index (χ2n) is 5.65. The summed E-state index contributed by atoms with van der Waals surface area (Å²) in [6.45, 7) is 2.81. The molecule has 3 rings (SSSR count). The van der Waals surface area contributed by atoms with E-state index in [9.17, 15) is 19.1 Å². The van der Waals surface area contributed by atoms with Gasteiger partial charge in [0.15, 0.2) is 0 Å². The van der Waals surface area contributed by atoms with Crippen LogP contribution in [-0.4, -0.2) is 28.2 Å². The summed E-state index contributed by atoms with van der Waals surface area (Å²) in [7, 11) is 0. The Balaban J connectivity index is 1.85. The molecule has 1 aliphatic heterocycles. The van der Waals surface area contributed by atoms with E-state index < -0.39 is 5.97 Å². The first-order valence-corrected chi connectivity index (χ1v) is 7.57. The SMILES string of the molecule is C[C@@H](NC(=O)c1cc(C(=O)O)c2n1CCOC2)c1ccc(F)cc1. The molecule has 0 saturated heterocycles. The van der Waals surface area contributed by atoms with E-state index in [-0.39, 0.29) is 29.9 Å². The lowest BCUT2D eigenvalue weighted by atomic mass is 10.1. The van der Waals surface area contributed by atoms with E-state index >= 15 is 0 Å². The molecular formula is C17H17FN2O4. The first-order chi connectivity index (χ1) is 11.5. The topological polar surface area (TPSA) is 80.6 Å². The van der Waals surface area contributed by atoms with Crippen molar-refractivity contribution in [1.29, 1.82) is 0 Å². The molecule has 126 valence electrons. The smallest absolute Gasteiger partial charge is 0.337 e. The maximum atomic E-state index is 13.0. The molecule has 0 saturated carbocycles. The fourth-order valence-electron chi connectivity index (χ4n) is 2.80. The Morgan fingerprint density at radius 3 is 2.71 bits per heavy atom. The van der Waals surface area contributed by atoms with Gasteiger partial charge >= 0.3 is 5.97 Å². The van der Waals surface area contributed by atoms with Crippen molar-refractivity contribution in [1.82, 2.24) is 9.88 Å². The molecule has 24 heavy (non-hydrogen) atoms. The van der Waals surface area contributed by atoms with Gasteiger partial charge in [-0.25, -0.2) is 9.18 Å². The first kappa shape index (κ1) is 16.2. The van der Waals surface area contributed by atoms with E-state index in [0.717, 1.165) is 5.56 Å². The van der Waals surface area contributed by atoms with Crippen molar-refractivity contribution in [3.05, 3.63) is 58.7 Å². The first-order valence-electron chi connectivity index (χ1n) is 7.57. The number of amides is 1. The van der Waals surface area contributed by atoms with Crippen LogP contribution in [0.4, 0.5) is 4.39 Å². The van der Waals surface area contributed by atoms with Gasteiger partial charge in [-0.1, -0.05) is 12.1 Å². The van der Waals surface area contributed by atoms with Gasteiger partial charge in [0.05, 0.1) is 30.5 Å². The molecule has 6 nitrogen and oxygen atoms in total. The number of hydrogen-bond acceptors (Lipinski definition) is 3. The highest BCUT2D eigenvalue weighted by Crippen LogP contribution is 2.22. The Hall–Kier alpha value is -2.67. The number of nitrogens with one attached hydrogen (secondary N) is 1. The molecule has 7 heteroatoms. The van der Waals surface area contributed by atoms with E-state index in [1.165, 1.54) is 18.2 Å². The molecule has 1 aromatic carbocycles. The number of aromatic nitrogens is 1. The Kier molecular flexibility index (Phi) is 4.35. The van der Waals surface area contributed by atoms with Crippen LogP contribution in [-0.2, 0) is 17.9 Å². The monoisotopic (exact) mass is 332 g/mol. The molecule has 0 radical (unpaired) electrons. The van der Waals surface area contributed by atoms with Crippen LogP contribution in [0.25, 0.3) is 0 Å². The van der Waals surface area contributed by atoms with Crippen LogP contribution in [0.5, 0.6) is 0 Å². The second kappa shape index (κ2) is 6.45. The molecule has 2 aromatic rings. The molecular weight excluding hydrogens is 315 g/mol. The summed E-state index contributed by atoms with van der Waals surface area (Å²) in [6, 6.07) is 6.90. The second-order valence-corrected chi connectivity index (χ2v) is 5.65. The molecule has 0 aliphatic carbocycles. The molecule has 1 atom stereocenters. The maximum absolute atomic E-state index is 13.0. The lowest BCUT2D eigenvalue weighted by Crippen LogP contribution is -2.30. The summed E-state index contributed by atoms with van der Waals surface area (Å²) in [5.74, 6) is -1.80. The Labute approximate surface area is 137 Å². The fraction of sp³-hybridized carbons (Fsp3) is 0.294. The van der Waals surface area contributed by atoms with Gasteiger partial charge in [-0.2, -0.15) is 0 Å². The number of benzene rings is 1. The largest absolute Gasteiger partial charge is 0.478 e. The van der Waals surface area contributed by atoms with E-state index in [0.29, 0.717) is 24.5 Å². The van der Waals surface area contributed by atoms with Gasteiger partial charge in [-0.05, 0) is 30.7 Å². The van der Waals surface area contributed by atoms with Gasteiger partial charge in [0.2, 0.25) is 0 Å². The number of carboxylic acid groups (broad SMARTS) is 1. The molecule has 0 spiro atoms. The van der Waals surface area contributed by atoms with Crippen LogP contribution >= 0.6 is 0 Å². The van der Waals surface area contributed by atoms with Crippen LogP contribution < -0.4 is 5.32 Å². The zero-order chi connectivity index (χ0) is 17.3. The van der Waals surface area contributed by atoms with Crippen molar-refractivity contribution < 1.29 is 23.8 Å². The van der Waals surface area contributed by atoms with Crippen LogP contribution in [0.3, 0.4) is 0 Å². The summed E-state index contributed by atoms with van der Waals surface area (Å²) >= 11 is 0. The Bertz CT molecular complexity index is 783. The van der Waals surface area contributed by atoms with Crippen LogP contribution in [0.15, 0.2) is 30.3 Å². The lowest BCUT2D eigenvalue weighted by Gasteiger charge is -2.20. The van der Waals surface area contributed by atoms with Gasteiger partial charge in [0.25, 0.3) is 5.91 Å². The average Bonchev–Trinajstić information content (AvgIpc) is 2.95. The Morgan fingerprint density at radius 2 is 2.04 bits per heavy atom. The van der Waals surface area contributed by atoms with Gasteiger partial charge < -0.3 is 19.7 Å².